The van der Waals surface area contributed by atoms with E-state index in [-0.39, 0.29) is 58.2 Å². The van der Waals surface area contributed by atoms with Gasteiger partial charge in [0.1, 0.15) is 0 Å². The third-order valence-electron chi connectivity index (χ3n) is 2.00. The van der Waals surface area contributed by atoms with E-state index in [1.165, 1.54) is 0 Å². The zero-order valence-corrected chi connectivity index (χ0v) is 13.1. The van der Waals surface area contributed by atoms with Crippen molar-refractivity contribution in [2.45, 2.75) is 26.3 Å². The predicted molar refractivity (Wildman–Crippen MR) is 44.4 cm³/mol. The molecule has 0 aromatic heterocycles. The summed E-state index contributed by atoms with van der Waals surface area (Å²) in [6.07, 6.45) is 0. The normalized spacial score (nSPS) is 21.0. The first-order valence-corrected chi connectivity index (χ1v) is 3.99. The standard InChI is InChI=1S/C8H17N2.Rb/c1-8(2,3)10-6-4-9-5-7-10;/h4-7H2,1-3H3;/q-1;+1. The van der Waals surface area contributed by atoms with E-state index < -0.39 is 0 Å². The van der Waals surface area contributed by atoms with Crippen molar-refractivity contribution in [3.8, 4) is 0 Å². The van der Waals surface area contributed by atoms with Crippen LogP contribution in [0.1, 0.15) is 20.8 Å². The summed E-state index contributed by atoms with van der Waals surface area (Å²) >= 11 is 0. The predicted octanol–water partition coefficient (Wildman–Crippen LogP) is -1.52. The number of rotatable bonds is 0. The monoisotopic (exact) mass is 226 g/mol. The van der Waals surface area contributed by atoms with Crippen LogP contribution in [0.15, 0.2) is 0 Å². The maximum absolute atomic E-state index is 4.30. The summed E-state index contributed by atoms with van der Waals surface area (Å²) in [7, 11) is 0. The van der Waals surface area contributed by atoms with Crippen LogP contribution in [-0.2, 0) is 0 Å². The van der Waals surface area contributed by atoms with Crippen molar-refractivity contribution in [3.05, 3.63) is 5.32 Å². The van der Waals surface area contributed by atoms with Crippen LogP contribution in [0.2, 0.25) is 0 Å². The molecule has 0 aromatic carbocycles. The van der Waals surface area contributed by atoms with Crippen LogP contribution in [0.4, 0.5) is 0 Å². The molecule has 1 heterocycles. The molecule has 1 fully saturated rings. The van der Waals surface area contributed by atoms with Gasteiger partial charge in [-0.2, -0.15) is 0 Å². The van der Waals surface area contributed by atoms with Crippen LogP contribution in [0, 0.1) is 0 Å². The molecule has 3 heteroatoms. The molecule has 2 nitrogen and oxygen atoms in total. The third-order valence-corrected chi connectivity index (χ3v) is 2.00. The first kappa shape index (κ1) is 12.7. The van der Waals surface area contributed by atoms with Gasteiger partial charge in [-0.05, 0) is 33.9 Å². The Kier molecular flexibility index (Phi) is 6.31. The van der Waals surface area contributed by atoms with Crippen molar-refractivity contribution in [2.24, 2.45) is 0 Å². The Morgan fingerprint density at radius 2 is 1.55 bits per heavy atom. The van der Waals surface area contributed by atoms with E-state index in [1.807, 2.05) is 0 Å². The molecule has 0 radical (unpaired) electrons. The van der Waals surface area contributed by atoms with Crippen LogP contribution in [0.25, 0.3) is 5.32 Å². The minimum absolute atomic E-state index is 0. The van der Waals surface area contributed by atoms with Crippen LogP contribution >= 0.6 is 0 Å². The van der Waals surface area contributed by atoms with Crippen LogP contribution in [-0.4, -0.2) is 36.6 Å². The summed E-state index contributed by atoms with van der Waals surface area (Å²) in [6, 6.07) is 0. The minimum atomic E-state index is 0. The minimum Gasteiger partial charge on any atom is -0.660 e. The molecule has 0 atom stereocenters. The second-order valence-corrected chi connectivity index (χ2v) is 3.83. The van der Waals surface area contributed by atoms with Crippen molar-refractivity contribution in [3.63, 3.8) is 0 Å². The average molecular weight is 227 g/mol. The maximum atomic E-state index is 4.30. The molecule has 0 unspecified atom stereocenters. The van der Waals surface area contributed by atoms with Crippen molar-refractivity contribution in [1.82, 2.24) is 4.90 Å². The summed E-state index contributed by atoms with van der Waals surface area (Å²) in [4.78, 5) is 2.49. The number of piperazine rings is 1. The van der Waals surface area contributed by atoms with Gasteiger partial charge in [0.2, 0.25) is 0 Å². The summed E-state index contributed by atoms with van der Waals surface area (Å²) in [5.41, 5.74) is 0.343. The summed E-state index contributed by atoms with van der Waals surface area (Å²) < 4.78 is 0. The van der Waals surface area contributed by atoms with Crippen LogP contribution in [0.5, 0.6) is 0 Å². The van der Waals surface area contributed by atoms with Gasteiger partial charge in [0.25, 0.3) is 0 Å². The first-order chi connectivity index (χ1) is 4.61. The molecular weight excluding hydrogens is 210 g/mol. The fourth-order valence-corrected chi connectivity index (χ4v) is 1.28. The Labute approximate surface area is 119 Å². The van der Waals surface area contributed by atoms with Gasteiger partial charge in [-0.3, -0.25) is 0 Å². The molecule has 60 valence electrons. The average Bonchev–Trinajstić information content (AvgIpc) is 1.88. The van der Waals surface area contributed by atoms with E-state index in [0.29, 0.717) is 5.54 Å². The van der Waals surface area contributed by atoms with Crippen molar-refractivity contribution < 1.29 is 58.2 Å². The molecule has 1 rings (SSSR count). The molecule has 1 aliphatic rings. The summed E-state index contributed by atoms with van der Waals surface area (Å²) in [5.74, 6) is 0. The molecule has 0 aliphatic carbocycles. The largest absolute Gasteiger partial charge is 1.00 e. The van der Waals surface area contributed by atoms with Crippen molar-refractivity contribution >= 4 is 0 Å². The fraction of sp³-hybridized carbons (Fsp3) is 1.00. The maximum Gasteiger partial charge on any atom is 1.00 e. The topological polar surface area (TPSA) is 17.3 Å². The molecule has 0 saturated carbocycles. The van der Waals surface area contributed by atoms with Crippen LogP contribution < -0.4 is 58.2 Å². The fourth-order valence-electron chi connectivity index (χ4n) is 1.28. The zero-order valence-electron chi connectivity index (χ0n) is 8.22. The van der Waals surface area contributed by atoms with Gasteiger partial charge < -0.3 is 10.2 Å². The van der Waals surface area contributed by atoms with Gasteiger partial charge in [-0.1, -0.05) is 0 Å². The van der Waals surface area contributed by atoms with Gasteiger partial charge in [0.05, 0.1) is 0 Å². The molecule has 11 heavy (non-hydrogen) atoms. The quantitative estimate of drug-likeness (QED) is 0.491. The molecule has 0 spiro atoms. The smallest absolute Gasteiger partial charge is 0.660 e. The Bertz CT molecular complexity index is 103. The first-order valence-electron chi connectivity index (χ1n) is 3.99. The number of hydrogen-bond donors (Lipinski definition) is 0. The number of hydrogen-bond acceptors (Lipinski definition) is 1. The van der Waals surface area contributed by atoms with E-state index in [9.17, 15) is 0 Å². The Balaban J connectivity index is 0.000001000. The third kappa shape index (κ3) is 4.48. The molecule has 1 aliphatic heterocycles. The van der Waals surface area contributed by atoms with E-state index in [0.717, 1.165) is 26.2 Å². The van der Waals surface area contributed by atoms with E-state index in [2.05, 4.69) is 31.0 Å². The van der Waals surface area contributed by atoms with E-state index >= 15 is 0 Å². The second-order valence-electron chi connectivity index (χ2n) is 3.83. The van der Waals surface area contributed by atoms with Gasteiger partial charge in [-0.25, -0.2) is 0 Å². The Hall–Kier alpha value is 1.73. The Morgan fingerprint density at radius 3 is 1.82 bits per heavy atom. The SMILES string of the molecule is CC(C)(C)N1CC[N-]CC1.[Rb+]. The van der Waals surface area contributed by atoms with E-state index in [1.54, 1.807) is 0 Å². The molecule has 0 aromatic rings. The van der Waals surface area contributed by atoms with Gasteiger partial charge >= 0.3 is 58.2 Å². The van der Waals surface area contributed by atoms with E-state index in [4.69, 9.17) is 0 Å². The number of nitrogens with zero attached hydrogens (tertiary/aromatic N) is 2. The molecule has 1 saturated heterocycles. The molecule has 0 amide bonds. The van der Waals surface area contributed by atoms with Gasteiger partial charge in [-0.15, -0.1) is 13.1 Å². The van der Waals surface area contributed by atoms with Crippen molar-refractivity contribution in [2.75, 3.05) is 26.2 Å². The van der Waals surface area contributed by atoms with Gasteiger partial charge in [0.15, 0.2) is 0 Å². The summed E-state index contributed by atoms with van der Waals surface area (Å²) in [5, 5.41) is 4.30. The van der Waals surface area contributed by atoms with Crippen molar-refractivity contribution in [1.29, 1.82) is 0 Å². The zero-order chi connectivity index (χ0) is 7.61. The second kappa shape index (κ2) is 5.45. The summed E-state index contributed by atoms with van der Waals surface area (Å²) in [6.45, 7) is 11.1. The molecule has 0 bridgehead atoms. The van der Waals surface area contributed by atoms with Gasteiger partial charge in [0, 0.05) is 5.54 Å². The molecule has 0 N–H and O–H groups in total. The van der Waals surface area contributed by atoms with Crippen LogP contribution in [0.3, 0.4) is 0 Å². The molecular formula is C8H17N2Rb. The Morgan fingerprint density at radius 1 is 1.09 bits per heavy atom.